The number of carbonyl (C=O) groups excluding carboxylic acids is 2. The van der Waals surface area contributed by atoms with Crippen LogP contribution in [0.15, 0.2) is 66.7 Å². The summed E-state index contributed by atoms with van der Waals surface area (Å²) < 4.78 is 79.3. The van der Waals surface area contributed by atoms with Crippen LogP contribution in [0.3, 0.4) is 0 Å². The van der Waals surface area contributed by atoms with E-state index in [9.17, 15) is 35.5 Å². The topological polar surface area (TPSA) is 122 Å². The Morgan fingerprint density at radius 1 is 0.907 bits per heavy atom. The molecular formula is C38H45F7N4O5. The Hall–Kier alpha value is -4.54. The third-order valence-corrected chi connectivity index (χ3v) is 9.13. The van der Waals surface area contributed by atoms with Gasteiger partial charge in [0.25, 0.3) is 5.91 Å². The number of nitrogens with one attached hydrogen (secondary N) is 2. The van der Waals surface area contributed by atoms with Gasteiger partial charge < -0.3 is 30.1 Å². The van der Waals surface area contributed by atoms with Crippen molar-refractivity contribution in [1.82, 2.24) is 15.5 Å². The largest absolute Gasteiger partial charge is 0.542 e. The SMILES string of the molecule is CC1CC[N+](C)(Cc2cccc(C(=O)NCc3ccc(F)c(-c4cccc(CN5CCN[C@@H](C)C5)c4)c3)c2)CC1.O=C(O)C(F)(F)F.O=C([O-])C(F)(F)F. The first-order valence-corrected chi connectivity index (χ1v) is 17.3. The molecule has 1 atom stereocenters. The Bertz CT molecular complexity index is 1700. The number of aliphatic carboxylic acids is 2. The Balaban J connectivity index is 0.000000476. The van der Waals surface area contributed by atoms with Gasteiger partial charge in [-0.25, -0.2) is 9.18 Å². The summed E-state index contributed by atoms with van der Waals surface area (Å²) in [5.74, 6) is -5.31. The fourth-order valence-corrected chi connectivity index (χ4v) is 6.17. The van der Waals surface area contributed by atoms with Gasteiger partial charge in [0.15, 0.2) is 0 Å². The number of likely N-dealkylation sites (tertiary alicyclic amines) is 1. The van der Waals surface area contributed by atoms with Crippen LogP contribution in [0.2, 0.25) is 0 Å². The van der Waals surface area contributed by atoms with Gasteiger partial charge in [0.2, 0.25) is 0 Å². The minimum Gasteiger partial charge on any atom is -0.542 e. The van der Waals surface area contributed by atoms with Crippen molar-refractivity contribution in [2.45, 2.75) is 64.7 Å². The summed E-state index contributed by atoms with van der Waals surface area (Å²) in [5, 5.41) is 22.4. The minimum absolute atomic E-state index is 0.102. The number of hydrogen-bond acceptors (Lipinski definition) is 6. The predicted molar refractivity (Wildman–Crippen MR) is 185 cm³/mol. The molecule has 296 valence electrons. The molecule has 0 aromatic heterocycles. The summed E-state index contributed by atoms with van der Waals surface area (Å²) in [4.78, 5) is 33.2. The molecule has 16 heteroatoms. The second-order valence-electron chi connectivity index (χ2n) is 14.0. The highest BCUT2D eigenvalue weighted by atomic mass is 19.4. The zero-order valence-corrected chi connectivity index (χ0v) is 30.2. The molecule has 3 aromatic carbocycles. The van der Waals surface area contributed by atoms with Gasteiger partial charge in [-0.05, 0) is 72.7 Å². The van der Waals surface area contributed by atoms with Gasteiger partial charge in [0, 0.05) is 55.5 Å². The molecule has 1 amide bonds. The van der Waals surface area contributed by atoms with Crippen molar-refractivity contribution in [2.75, 3.05) is 39.8 Å². The maximum Gasteiger partial charge on any atom is 0.490 e. The number of alkyl halides is 6. The van der Waals surface area contributed by atoms with Crippen molar-refractivity contribution >= 4 is 17.8 Å². The first-order valence-electron chi connectivity index (χ1n) is 17.3. The van der Waals surface area contributed by atoms with Crippen molar-refractivity contribution in [3.8, 4) is 11.1 Å². The lowest BCUT2D eigenvalue weighted by Gasteiger charge is -2.40. The van der Waals surface area contributed by atoms with E-state index in [0.29, 0.717) is 23.7 Å². The molecule has 3 N–H and O–H groups in total. The summed E-state index contributed by atoms with van der Waals surface area (Å²) >= 11 is 0. The van der Waals surface area contributed by atoms with E-state index in [2.05, 4.69) is 54.6 Å². The maximum atomic E-state index is 14.9. The van der Waals surface area contributed by atoms with Gasteiger partial charge in [0.1, 0.15) is 18.3 Å². The molecule has 2 fully saturated rings. The van der Waals surface area contributed by atoms with Gasteiger partial charge in [-0.1, -0.05) is 43.3 Å². The van der Waals surface area contributed by atoms with E-state index in [-0.39, 0.29) is 11.7 Å². The predicted octanol–water partition coefficient (Wildman–Crippen LogP) is 5.52. The standard InChI is InChI=1S/C34H43FN4O.2C2HF3O2/c1-25-12-16-39(3,17-13-25)24-29-7-5-9-31(19-29)34(40)37-21-27-10-11-33(35)32(20-27)30-8-4-6-28(18-30)23-38-15-14-36-26(2)22-38;2*3-2(4,5)1(6)7/h4-11,18-20,25-26,36H,12-17,21-24H2,1-3H3;2*(H,6,7)/t25?,26-,39?;;/m0../s1. The molecule has 2 aliphatic heterocycles. The molecule has 0 spiro atoms. The van der Waals surface area contributed by atoms with E-state index in [1.807, 2.05) is 36.4 Å². The van der Waals surface area contributed by atoms with Gasteiger partial charge in [-0.2, -0.15) is 26.3 Å². The summed E-state index contributed by atoms with van der Waals surface area (Å²) in [6.45, 7) is 12.1. The summed E-state index contributed by atoms with van der Waals surface area (Å²) in [5.41, 5.74) is 5.36. The van der Waals surface area contributed by atoms with Crippen LogP contribution in [-0.2, 0) is 29.2 Å². The fourth-order valence-electron chi connectivity index (χ4n) is 6.17. The minimum atomic E-state index is -5.19. The first-order chi connectivity index (χ1) is 25.1. The van der Waals surface area contributed by atoms with Gasteiger partial charge >= 0.3 is 18.3 Å². The van der Waals surface area contributed by atoms with Crippen LogP contribution in [0.25, 0.3) is 11.1 Å². The number of carboxylic acids is 2. The van der Waals surface area contributed by atoms with E-state index in [1.54, 1.807) is 6.07 Å². The quantitative estimate of drug-likeness (QED) is 0.204. The number of carbonyl (C=O) groups is 3. The molecule has 54 heavy (non-hydrogen) atoms. The number of benzene rings is 3. The van der Waals surface area contributed by atoms with Crippen LogP contribution in [0, 0.1) is 11.7 Å². The highest BCUT2D eigenvalue weighted by Gasteiger charge is 2.38. The summed E-state index contributed by atoms with van der Waals surface area (Å²) in [6.07, 6.45) is -7.76. The van der Waals surface area contributed by atoms with E-state index in [0.717, 1.165) is 54.3 Å². The lowest BCUT2D eigenvalue weighted by atomic mass is 9.96. The number of amides is 1. The van der Waals surface area contributed by atoms with E-state index in [1.165, 1.54) is 43.1 Å². The van der Waals surface area contributed by atoms with Crippen LogP contribution < -0.4 is 15.7 Å². The van der Waals surface area contributed by atoms with Crippen molar-refractivity contribution < 1.29 is 59.8 Å². The second-order valence-corrected chi connectivity index (χ2v) is 14.0. The molecule has 2 aliphatic rings. The van der Waals surface area contributed by atoms with Crippen molar-refractivity contribution in [1.29, 1.82) is 0 Å². The second kappa shape index (κ2) is 19.2. The molecule has 0 unspecified atom stereocenters. The number of nitrogens with zero attached hydrogens (tertiary/aromatic N) is 2. The molecule has 2 saturated heterocycles. The number of carboxylic acid groups (broad SMARTS) is 2. The first kappa shape index (κ1) is 43.9. The van der Waals surface area contributed by atoms with E-state index >= 15 is 0 Å². The average Bonchev–Trinajstić information content (AvgIpc) is 3.09. The maximum absolute atomic E-state index is 14.9. The molecule has 0 bridgehead atoms. The van der Waals surface area contributed by atoms with E-state index in [4.69, 9.17) is 19.8 Å². The zero-order valence-electron chi connectivity index (χ0n) is 30.2. The number of hydrogen-bond donors (Lipinski definition) is 3. The Kier molecular flexibility index (Phi) is 15.6. The Morgan fingerprint density at radius 2 is 1.52 bits per heavy atom. The molecule has 9 nitrogen and oxygen atoms in total. The Labute approximate surface area is 309 Å². The Morgan fingerprint density at radius 3 is 2.11 bits per heavy atom. The number of piperidine rings is 1. The number of rotatable bonds is 8. The molecule has 0 radical (unpaired) electrons. The zero-order chi connectivity index (χ0) is 40.3. The third kappa shape index (κ3) is 14.4. The van der Waals surface area contributed by atoms with Gasteiger partial charge in [-0.15, -0.1) is 0 Å². The highest BCUT2D eigenvalue weighted by Crippen LogP contribution is 2.27. The number of quaternary nitrogens is 1. The molecular weight excluding hydrogens is 725 g/mol. The summed E-state index contributed by atoms with van der Waals surface area (Å²) in [6, 6.07) is 21.8. The molecule has 0 saturated carbocycles. The number of piperazine rings is 1. The average molecular weight is 771 g/mol. The highest BCUT2D eigenvalue weighted by molar-refractivity contribution is 5.94. The molecule has 0 aliphatic carbocycles. The van der Waals surface area contributed by atoms with Crippen molar-refractivity contribution in [3.05, 3.63) is 94.8 Å². The van der Waals surface area contributed by atoms with Crippen LogP contribution in [0.1, 0.15) is 53.7 Å². The molecule has 3 aromatic rings. The van der Waals surface area contributed by atoms with Crippen molar-refractivity contribution in [3.63, 3.8) is 0 Å². The smallest absolute Gasteiger partial charge is 0.490 e. The lowest BCUT2D eigenvalue weighted by Crippen LogP contribution is -2.48. The van der Waals surface area contributed by atoms with Gasteiger partial charge in [0.05, 0.1) is 20.1 Å². The van der Waals surface area contributed by atoms with E-state index < -0.39 is 24.3 Å². The molecule has 5 rings (SSSR count). The van der Waals surface area contributed by atoms with Gasteiger partial charge in [-0.3, -0.25) is 9.69 Å². The normalized spacial score (nSPS) is 20.4. The van der Waals surface area contributed by atoms with Crippen LogP contribution in [0.5, 0.6) is 0 Å². The van der Waals surface area contributed by atoms with Crippen LogP contribution >= 0.6 is 0 Å². The fraction of sp³-hybridized carbons (Fsp3) is 0.447. The third-order valence-electron chi connectivity index (χ3n) is 9.13. The summed E-state index contributed by atoms with van der Waals surface area (Å²) in [7, 11) is 2.33. The van der Waals surface area contributed by atoms with Crippen molar-refractivity contribution in [2.24, 2.45) is 5.92 Å². The molecule has 2 heterocycles. The number of halogens is 7. The lowest BCUT2D eigenvalue weighted by molar-refractivity contribution is -0.928. The van der Waals surface area contributed by atoms with Crippen LogP contribution in [0.4, 0.5) is 30.7 Å². The monoisotopic (exact) mass is 770 g/mol. The van der Waals surface area contributed by atoms with Crippen LogP contribution in [-0.4, -0.2) is 90.5 Å².